The van der Waals surface area contributed by atoms with E-state index in [-0.39, 0.29) is 6.61 Å². The van der Waals surface area contributed by atoms with Gasteiger partial charge in [0.15, 0.2) is 0 Å². The van der Waals surface area contributed by atoms with Gasteiger partial charge in [-0.15, -0.1) is 0 Å². The van der Waals surface area contributed by atoms with Gasteiger partial charge in [-0.3, -0.25) is 4.55 Å². The fraction of sp³-hybridized carbons (Fsp3) is 0.778. The van der Waals surface area contributed by atoms with Gasteiger partial charge in [0.2, 0.25) is 0 Å². The molecule has 0 amide bonds. The van der Waals surface area contributed by atoms with E-state index >= 15 is 0 Å². The minimum atomic E-state index is -4.26. The van der Waals surface area contributed by atoms with E-state index in [9.17, 15) is 8.42 Å². The Hall–Kier alpha value is -0.650. The van der Waals surface area contributed by atoms with Crippen LogP contribution in [0.4, 0.5) is 0 Å². The summed E-state index contributed by atoms with van der Waals surface area (Å²) >= 11 is 0. The summed E-state index contributed by atoms with van der Waals surface area (Å²) in [5, 5.41) is 0. The first-order chi connectivity index (χ1) is 11.1. The summed E-state index contributed by atoms with van der Waals surface area (Å²) < 4.78 is 33.3. The number of unbranched alkanes of at least 4 members (excludes halogenated alkanes) is 9. The van der Waals surface area contributed by atoms with Gasteiger partial charge in [0.25, 0.3) is 0 Å². The molecule has 0 atom stereocenters. The van der Waals surface area contributed by atoms with Crippen molar-refractivity contribution in [1.82, 2.24) is 0 Å². The first-order valence-electron chi connectivity index (χ1n) is 8.98. The average Bonchev–Trinajstić information content (AvgIpc) is 2.49. The van der Waals surface area contributed by atoms with Crippen molar-refractivity contribution in [1.29, 1.82) is 0 Å². The Bertz CT molecular complexity index is 399. The van der Waals surface area contributed by atoms with Gasteiger partial charge < -0.3 is 0 Å². The highest BCUT2D eigenvalue weighted by Gasteiger charge is 2.02. The monoisotopic (exact) mass is 346 g/mol. The van der Waals surface area contributed by atoms with Gasteiger partial charge in [-0.2, -0.15) is 8.42 Å². The van der Waals surface area contributed by atoms with Crippen LogP contribution in [0, 0.1) is 0 Å². The maximum Gasteiger partial charge on any atom is 0.397 e. The van der Waals surface area contributed by atoms with Crippen LogP contribution in [0.1, 0.15) is 84.0 Å². The highest BCUT2D eigenvalue weighted by molar-refractivity contribution is 7.80. The molecule has 136 valence electrons. The topological polar surface area (TPSA) is 63.6 Å². The zero-order valence-corrected chi connectivity index (χ0v) is 15.4. The van der Waals surface area contributed by atoms with Crippen LogP contribution in [0.15, 0.2) is 24.3 Å². The molecule has 0 spiro atoms. The van der Waals surface area contributed by atoms with E-state index in [0.29, 0.717) is 6.42 Å². The van der Waals surface area contributed by atoms with Crippen LogP contribution in [0.5, 0.6) is 0 Å². The quantitative estimate of drug-likeness (QED) is 0.224. The SMILES string of the molecule is CCCCC/C=C\C/C=C\CCCCCCCCOS(=O)(=O)O. The van der Waals surface area contributed by atoms with Crippen molar-refractivity contribution in [3.8, 4) is 0 Å². The molecule has 0 aromatic carbocycles. The van der Waals surface area contributed by atoms with Crippen molar-refractivity contribution < 1.29 is 17.2 Å². The number of hydrogen-bond donors (Lipinski definition) is 1. The highest BCUT2D eigenvalue weighted by atomic mass is 32.3. The van der Waals surface area contributed by atoms with Crippen LogP contribution in [0.2, 0.25) is 0 Å². The Morgan fingerprint density at radius 1 is 0.783 bits per heavy atom. The minimum Gasteiger partial charge on any atom is -0.264 e. The Morgan fingerprint density at radius 3 is 1.87 bits per heavy atom. The Labute approximate surface area is 143 Å². The van der Waals surface area contributed by atoms with Crippen molar-refractivity contribution in [3.05, 3.63) is 24.3 Å². The molecule has 0 saturated carbocycles. The zero-order chi connectivity index (χ0) is 17.2. The molecule has 0 aromatic heterocycles. The van der Waals surface area contributed by atoms with Gasteiger partial charge in [-0.1, -0.05) is 69.8 Å². The summed E-state index contributed by atoms with van der Waals surface area (Å²) in [5.74, 6) is 0. The van der Waals surface area contributed by atoms with Crippen molar-refractivity contribution >= 4 is 10.4 Å². The van der Waals surface area contributed by atoms with Crippen molar-refractivity contribution in [2.75, 3.05) is 6.61 Å². The third-order valence-corrected chi connectivity index (χ3v) is 4.04. The lowest BCUT2D eigenvalue weighted by Crippen LogP contribution is -2.04. The molecule has 0 rings (SSSR count). The number of rotatable bonds is 16. The lowest BCUT2D eigenvalue weighted by molar-refractivity contribution is 0.261. The first kappa shape index (κ1) is 22.4. The van der Waals surface area contributed by atoms with E-state index in [2.05, 4.69) is 35.4 Å². The van der Waals surface area contributed by atoms with Crippen LogP contribution in [-0.2, 0) is 14.6 Å². The number of hydrogen-bond acceptors (Lipinski definition) is 3. The predicted molar refractivity (Wildman–Crippen MR) is 96.9 cm³/mol. The Balaban J connectivity index is 3.22. The molecule has 0 aliphatic carbocycles. The van der Waals surface area contributed by atoms with Crippen LogP contribution >= 0.6 is 0 Å². The Kier molecular flexibility index (Phi) is 15.8. The summed E-state index contributed by atoms with van der Waals surface area (Å²) in [5.41, 5.74) is 0. The lowest BCUT2D eigenvalue weighted by Gasteiger charge is -2.01. The van der Waals surface area contributed by atoms with E-state index in [1.807, 2.05) is 0 Å². The predicted octanol–water partition coefficient (Wildman–Crippen LogP) is 5.62. The van der Waals surface area contributed by atoms with Gasteiger partial charge in [-0.05, 0) is 38.5 Å². The van der Waals surface area contributed by atoms with E-state index in [1.54, 1.807) is 0 Å². The molecular formula is C18H34O4S. The zero-order valence-electron chi connectivity index (χ0n) is 14.6. The van der Waals surface area contributed by atoms with Gasteiger partial charge in [-0.25, -0.2) is 4.18 Å². The van der Waals surface area contributed by atoms with E-state index in [0.717, 1.165) is 32.1 Å². The average molecular weight is 347 g/mol. The van der Waals surface area contributed by atoms with Gasteiger partial charge in [0.1, 0.15) is 0 Å². The largest absolute Gasteiger partial charge is 0.397 e. The van der Waals surface area contributed by atoms with E-state index in [4.69, 9.17) is 4.55 Å². The molecule has 0 aliphatic heterocycles. The van der Waals surface area contributed by atoms with Crippen LogP contribution in [0.25, 0.3) is 0 Å². The first-order valence-corrected chi connectivity index (χ1v) is 10.3. The highest BCUT2D eigenvalue weighted by Crippen LogP contribution is 2.08. The summed E-state index contributed by atoms with van der Waals surface area (Å²) in [7, 11) is -4.26. The number of allylic oxidation sites excluding steroid dienone is 4. The second-order valence-electron chi connectivity index (χ2n) is 5.83. The molecule has 1 N–H and O–H groups in total. The molecule has 0 aromatic rings. The summed E-state index contributed by atoms with van der Waals surface area (Å²) in [6.45, 7) is 2.30. The third kappa shape index (κ3) is 21.4. The van der Waals surface area contributed by atoms with E-state index < -0.39 is 10.4 Å². The molecule has 23 heavy (non-hydrogen) atoms. The molecule has 0 aliphatic rings. The lowest BCUT2D eigenvalue weighted by atomic mass is 10.1. The molecular weight excluding hydrogens is 312 g/mol. The third-order valence-electron chi connectivity index (χ3n) is 3.58. The fourth-order valence-corrected chi connectivity index (χ4v) is 2.58. The molecule has 0 heterocycles. The maximum atomic E-state index is 10.3. The summed E-state index contributed by atoms with van der Waals surface area (Å²) in [6.07, 6.45) is 22.6. The molecule has 4 nitrogen and oxygen atoms in total. The van der Waals surface area contributed by atoms with Gasteiger partial charge in [0.05, 0.1) is 6.61 Å². The van der Waals surface area contributed by atoms with Crippen LogP contribution in [-0.4, -0.2) is 19.6 Å². The van der Waals surface area contributed by atoms with Crippen molar-refractivity contribution in [3.63, 3.8) is 0 Å². The van der Waals surface area contributed by atoms with Gasteiger partial charge >= 0.3 is 10.4 Å². The van der Waals surface area contributed by atoms with Crippen LogP contribution in [0.3, 0.4) is 0 Å². The molecule has 0 fully saturated rings. The smallest absolute Gasteiger partial charge is 0.264 e. The van der Waals surface area contributed by atoms with Crippen molar-refractivity contribution in [2.24, 2.45) is 0 Å². The second-order valence-corrected chi connectivity index (χ2v) is 6.93. The standard InChI is InChI=1S/C18H34O4S/c1-2-3-4-5-6-7-8-9-10-11-12-13-14-15-16-17-18-22-23(19,20)21/h6-7,9-10H,2-5,8,11-18H2,1H3,(H,19,20,21)/b7-6-,10-9-. The van der Waals surface area contributed by atoms with Crippen LogP contribution < -0.4 is 0 Å². The molecule has 0 bridgehead atoms. The fourth-order valence-electron chi connectivity index (χ4n) is 2.25. The maximum absolute atomic E-state index is 10.3. The summed E-state index contributed by atoms with van der Waals surface area (Å²) in [4.78, 5) is 0. The minimum absolute atomic E-state index is 0.0769. The Morgan fingerprint density at radius 2 is 1.30 bits per heavy atom. The van der Waals surface area contributed by atoms with Gasteiger partial charge in [0, 0.05) is 0 Å². The second kappa shape index (κ2) is 16.2. The summed E-state index contributed by atoms with van der Waals surface area (Å²) in [6, 6.07) is 0. The normalized spacial score (nSPS) is 12.6. The molecule has 0 radical (unpaired) electrons. The molecule has 5 heteroatoms. The molecule has 0 saturated heterocycles. The van der Waals surface area contributed by atoms with Crippen molar-refractivity contribution in [2.45, 2.75) is 84.0 Å². The van der Waals surface area contributed by atoms with E-state index in [1.165, 1.54) is 38.5 Å². The molecule has 0 unspecified atom stereocenters.